The number of hydrogen-bond acceptors (Lipinski definition) is 5. The molecule has 0 radical (unpaired) electrons. The Balaban J connectivity index is 0. The van der Waals surface area contributed by atoms with Crippen molar-refractivity contribution in [1.29, 1.82) is 0 Å². The maximum atomic E-state index is 9.70. The van der Waals surface area contributed by atoms with Crippen LogP contribution in [0.25, 0.3) is 10.8 Å². The van der Waals surface area contributed by atoms with Crippen molar-refractivity contribution < 1.29 is 30.0 Å². The van der Waals surface area contributed by atoms with E-state index in [1.165, 1.54) is 5.56 Å². The number of hydrogen-bond donors (Lipinski definition) is 4. The normalized spacial score (nSPS) is 10.1. The molecule has 0 aromatic heterocycles. The molecule has 2 rings (SSSR count). The van der Waals surface area contributed by atoms with Crippen LogP contribution in [-0.2, 0) is 16.1 Å². The molecule has 7 nitrogen and oxygen atoms in total. The van der Waals surface area contributed by atoms with Crippen molar-refractivity contribution in [2.75, 3.05) is 13.1 Å². The first kappa shape index (κ1) is 30.7. The fraction of sp³-hybridized carbons (Fsp3) is 0.478. The van der Waals surface area contributed by atoms with Crippen LogP contribution in [-0.4, -0.2) is 50.4 Å². The molecule has 0 aliphatic carbocycles. The summed E-state index contributed by atoms with van der Waals surface area (Å²) in [6.07, 6.45) is 0. The average Bonchev–Trinajstić information content (AvgIpc) is 2.68. The maximum Gasteiger partial charge on any atom is 0.305 e. The number of aromatic hydroxyl groups is 2. The van der Waals surface area contributed by atoms with Crippen LogP contribution < -0.4 is 0 Å². The second kappa shape index (κ2) is 15.3. The second-order valence-corrected chi connectivity index (χ2v) is 7.47. The summed E-state index contributed by atoms with van der Waals surface area (Å²) >= 11 is 0. The highest BCUT2D eigenvalue weighted by Gasteiger charge is 2.05. The minimum atomic E-state index is -0.741. The molecule has 8 heteroatoms. The smallest absolute Gasteiger partial charge is 0.305 e. The van der Waals surface area contributed by atoms with E-state index in [-0.39, 0.29) is 35.7 Å². The van der Waals surface area contributed by atoms with E-state index >= 15 is 0 Å². The third-order valence-corrected chi connectivity index (χ3v) is 4.29. The van der Waals surface area contributed by atoms with E-state index < -0.39 is 11.9 Å². The second-order valence-electron chi connectivity index (χ2n) is 7.47. The number of nitrogens with zero attached hydrogens (tertiary/aromatic N) is 1. The first-order valence-corrected chi connectivity index (χ1v) is 10.0. The van der Waals surface area contributed by atoms with E-state index in [0.717, 1.165) is 30.4 Å². The number of rotatable bonds is 6. The summed E-state index contributed by atoms with van der Waals surface area (Å²) in [5.74, 6) is -2.08. The molecule has 0 saturated heterocycles. The molecule has 2 aromatic carbocycles. The lowest BCUT2D eigenvalue weighted by Crippen LogP contribution is -2.21. The van der Waals surface area contributed by atoms with Gasteiger partial charge in [-0.3, -0.25) is 14.5 Å². The van der Waals surface area contributed by atoms with Gasteiger partial charge in [0.2, 0.25) is 0 Å². The van der Waals surface area contributed by atoms with Crippen molar-refractivity contribution >= 4 is 35.1 Å². The first-order chi connectivity index (χ1) is 13.9. The van der Waals surface area contributed by atoms with Crippen LogP contribution in [0.1, 0.15) is 47.1 Å². The van der Waals surface area contributed by atoms with Gasteiger partial charge in [0.15, 0.2) is 11.5 Å². The number of aliphatic carboxylic acids is 2. The number of carbonyl (C=O) groups is 2. The lowest BCUT2D eigenvalue weighted by atomic mass is 10.1. The quantitative estimate of drug-likeness (QED) is 0.452. The minimum Gasteiger partial charge on any atom is -0.504 e. The van der Waals surface area contributed by atoms with Crippen molar-refractivity contribution in [3.8, 4) is 11.5 Å². The van der Waals surface area contributed by atoms with Crippen molar-refractivity contribution in [3.63, 3.8) is 0 Å². The summed E-state index contributed by atoms with van der Waals surface area (Å²) in [7, 11) is 0. The fourth-order valence-electron chi connectivity index (χ4n) is 2.13. The monoisotopic (exact) mass is 457 g/mol. The van der Waals surface area contributed by atoms with Gasteiger partial charge in [-0.05, 0) is 47.6 Å². The SMILES string of the molecule is CC(C)C(=O)O.CC(C)C(=O)O.CCN(CC)Cc1ccc2cc(O)c(O)cc2c1.Cl. The molecule has 0 aliphatic rings. The van der Waals surface area contributed by atoms with Gasteiger partial charge < -0.3 is 20.4 Å². The van der Waals surface area contributed by atoms with Gasteiger partial charge in [0.25, 0.3) is 0 Å². The number of benzene rings is 2. The average molecular weight is 458 g/mol. The van der Waals surface area contributed by atoms with Crippen LogP contribution in [0, 0.1) is 11.8 Å². The van der Waals surface area contributed by atoms with Crippen molar-refractivity contribution in [1.82, 2.24) is 4.90 Å². The summed E-state index contributed by atoms with van der Waals surface area (Å²) < 4.78 is 0. The zero-order chi connectivity index (χ0) is 23.4. The molecule has 0 heterocycles. The Bertz CT molecular complexity index is 801. The molecule has 0 unspecified atom stereocenters. The van der Waals surface area contributed by atoms with Gasteiger partial charge in [-0.25, -0.2) is 0 Å². The van der Waals surface area contributed by atoms with Crippen molar-refractivity contribution in [3.05, 3.63) is 35.9 Å². The lowest BCUT2D eigenvalue weighted by Gasteiger charge is -2.18. The predicted octanol–water partition coefficient (Wildman–Crippen LogP) is 4.97. The summed E-state index contributed by atoms with van der Waals surface area (Å²) in [6, 6.07) is 9.31. The largest absolute Gasteiger partial charge is 0.504 e. The molecule has 176 valence electrons. The molecule has 0 bridgehead atoms. The van der Waals surface area contributed by atoms with Crippen LogP contribution in [0.5, 0.6) is 11.5 Å². The van der Waals surface area contributed by atoms with Gasteiger partial charge in [-0.1, -0.05) is 53.7 Å². The van der Waals surface area contributed by atoms with E-state index in [2.05, 4.69) is 30.9 Å². The Morgan fingerprint density at radius 3 is 1.55 bits per heavy atom. The molecule has 0 amide bonds. The number of phenols is 2. The molecule has 0 atom stereocenters. The highest BCUT2D eigenvalue weighted by molar-refractivity contribution is 5.86. The lowest BCUT2D eigenvalue weighted by molar-refractivity contribution is -0.141. The Labute approximate surface area is 190 Å². The third kappa shape index (κ3) is 12.1. The Morgan fingerprint density at radius 1 is 0.806 bits per heavy atom. The number of fused-ring (bicyclic) bond motifs is 1. The predicted molar refractivity (Wildman–Crippen MR) is 126 cm³/mol. The zero-order valence-corrected chi connectivity index (χ0v) is 19.9. The number of carboxylic acid groups (broad SMARTS) is 2. The van der Waals surface area contributed by atoms with Crippen LogP contribution in [0.2, 0.25) is 0 Å². The maximum absolute atomic E-state index is 9.70. The summed E-state index contributed by atoms with van der Waals surface area (Å²) in [6.45, 7) is 13.8. The highest BCUT2D eigenvalue weighted by atomic mass is 35.5. The topological polar surface area (TPSA) is 118 Å². The fourth-order valence-corrected chi connectivity index (χ4v) is 2.13. The summed E-state index contributed by atoms with van der Waals surface area (Å²) in [4.78, 5) is 21.7. The standard InChI is InChI=1S/C15H19NO2.2C4H8O2.ClH/c1-3-16(4-2)10-11-5-6-12-8-14(17)15(18)9-13(12)7-11;2*1-3(2)4(5)6;/h5-9,17-18H,3-4,10H2,1-2H3;2*3H,1-2H3,(H,5,6);1H. The first-order valence-electron chi connectivity index (χ1n) is 10.0. The van der Waals surface area contributed by atoms with Crippen molar-refractivity contribution in [2.24, 2.45) is 11.8 Å². The number of phenolic OH excluding ortho intramolecular Hbond substituents is 2. The third-order valence-electron chi connectivity index (χ3n) is 4.29. The Hall–Kier alpha value is -2.51. The molecule has 4 N–H and O–H groups in total. The number of carboxylic acids is 2. The summed E-state index contributed by atoms with van der Waals surface area (Å²) in [5, 5.41) is 36.8. The summed E-state index contributed by atoms with van der Waals surface area (Å²) in [5.41, 5.74) is 1.22. The van der Waals surface area contributed by atoms with E-state index in [9.17, 15) is 19.8 Å². The molecule has 0 spiro atoms. The van der Waals surface area contributed by atoms with Crippen molar-refractivity contribution in [2.45, 2.75) is 48.1 Å². The highest BCUT2D eigenvalue weighted by Crippen LogP contribution is 2.30. The molecule has 0 fully saturated rings. The van der Waals surface area contributed by atoms with Gasteiger partial charge >= 0.3 is 11.9 Å². The van der Waals surface area contributed by atoms with E-state index in [1.54, 1.807) is 39.8 Å². The van der Waals surface area contributed by atoms with Crippen LogP contribution >= 0.6 is 12.4 Å². The molecule has 2 aromatic rings. The van der Waals surface area contributed by atoms with Crippen LogP contribution in [0.15, 0.2) is 30.3 Å². The molecular formula is C23H36ClNO6. The number of halogens is 1. The van der Waals surface area contributed by atoms with Gasteiger partial charge in [-0.15, -0.1) is 12.4 Å². The molecule has 31 heavy (non-hydrogen) atoms. The van der Waals surface area contributed by atoms with Crippen LogP contribution in [0.3, 0.4) is 0 Å². The Morgan fingerprint density at radius 2 is 1.19 bits per heavy atom. The van der Waals surface area contributed by atoms with E-state index in [4.69, 9.17) is 10.2 Å². The van der Waals surface area contributed by atoms with Gasteiger partial charge in [0.05, 0.1) is 11.8 Å². The van der Waals surface area contributed by atoms with Crippen LogP contribution in [0.4, 0.5) is 0 Å². The van der Waals surface area contributed by atoms with E-state index in [0.29, 0.717) is 0 Å². The molecule has 0 saturated carbocycles. The van der Waals surface area contributed by atoms with Gasteiger partial charge in [0, 0.05) is 6.54 Å². The van der Waals surface area contributed by atoms with Gasteiger partial charge in [-0.2, -0.15) is 0 Å². The molecule has 0 aliphatic heterocycles. The Kier molecular flexibility index (Phi) is 15.2. The van der Waals surface area contributed by atoms with Gasteiger partial charge in [0.1, 0.15) is 0 Å². The van der Waals surface area contributed by atoms with E-state index in [1.807, 2.05) is 6.07 Å². The molecular weight excluding hydrogens is 422 g/mol. The minimum absolute atomic E-state index is 0. The zero-order valence-electron chi connectivity index (χ0n) is 19.1.